The van der Waals surface area contributed by atoms with Gasteiger partial charge in [0, 0.05) is 10.6 Å². The number of aromatic hydroxyl groups is 1. The van der Waals surface area contributed by atoms with E-state index in [1.165, 1.54) is 6.07 Å². The molecule has 0 saturated heterocycles. The Hall–Kier alpha value is -2.34. The molecule has 0 aliphatic carbocycles. The molecule has 3 aromatic rings. The molecule has 0 bridgehead atoms. The van der Waals surface area contributed by atoms with Gasteiger partial charge in [-0.1, -0.05) is 17.2 Å². The van der Waals surface area contributed by atoms with Crippen LogP contribution in [0.15, 0.2) is 64.4 Å². The largest absolute Gasteiger partial charge is 0.506 e. The van der Waals surface area contributed by atoms with Crippen molar-refractivity contribution in [3.8, 4) is 5.75 Å². The minimum atomic E-state index is -4.37. The predicted octanol–water partition coefficient (Wildman–Crippen LogP) is 3.96. The highest BCUT2D eigenvalue weighted by atomic mass is 32.2. The summed E-state index contributed by atoms with van der Waals surface area (Å²) in [7, 11) is -4.37. The molecule has 0 aromatic heterocycles. The molecule has 0 aliphatic rings. The van der Waals surface area contributed by atoms with Gasteiger partial charge in [0.1, 0.15) is 5.75 Å². The second kappa shape index (κ2) is 7.50. The minimum Gasteiger partial charge on any atom is -0.506 e. The lowest BCUT2D eigenvalue weighted by molar-refractivity contribution is -0.432. The molecule has 0 heterocycles. The van der Waals surface area contributed by atoms with Gasteiger partial charge in [0.2, 0.25) is 0 Å². The minimum absolute atomic E-state index is 0.139. The van der Waals surface area contributed by atoms with Gasteiger partial charge in [0.05, 0.1) is 22.6 Å². The molecule has 3 rings (SSSR count). The summed E-state index contributed by atoms with van der Waals surface area (Å²) in [6.45, 7) is 0. The standard InChI is InChI=1S/C16H13NO7S2/c18-16-6-5-14(26(20,21)22)9-15(16)17-12-3-1-11-8-13(25-24-23-19)4-2-10(11)7-12/h1-9,17-19H,(H,20,21,22). The Balaban J connectivity index is 1.90. The summed E-state index contributed by atoms with van der Waals surface area (Å²) in [6, 6.07) is 14.2. The molecule has 4 N–H and O–H groups in total. The first-order valence-corrected chi connectivity index (χ1v) is 9.31. The van der Waals surface area contributed by atoms with E-state index >= 15 is 0 Å². The molecule has 0 amide bonds. The van der Waals surface area contributed by atoms with E-state index in [0.29, 0.717) is 10.6 Å². The number of rotatable bonds is 6. The summed E-state index contributed by atoms with van der Waals surface area (Å²) in [4.78, 5) is 0.386. The monoisotopic (exact) mass is 395 g/mol. The highest BCUT2D eigenvalue weighted by Gasteiger charge is 2.13. The zero-order valence-corrected chi connectivity index (χ0v) is 14.6. The van der Waals surface area contributed by atoms with E-state index < -0.39 is 10.1 Å². The molecule has 0 fully saturated rings. The average Bonchev–Trinajstić information content (AvgIpc) is 2.60. The van der Waals surface area contributed by atoms with Crippen molar-refractivity contribution in [1.29, 1.82) is 0 Å². The summed E-state index contributed by atoms with van der Waals surface area (Å²) < 4.78 is 36.0. The van der Waals surface area contributed by atoms with Gasteiger partial charge in [-0.25, -0.2) is 5.26 Å². The second-order valence-corrected chi connectivity index (χ2v) is 7.42. The molecule has 0 spiro atoms. The number of hydrogen-bond donors (Lipinski definition) is 4. The summed E-state index contributed by atoms with van der Waals surface area (Å²) in [5.74, 6) is -0.162. The Labute approximate surface area is 152 Å². The third kappa shape index (κ3) is 4.25. The van der Waals surface area contributed by atoms with Gasteiger partial charge in [-0.15, -0.1) is 4.33 Å². The number of anilines is 2. The van der Waals surface area contributed by atoms with E-state index in [4.69, 9.17) is 9.81 Å². The molecule has 136 valence electrons. The lowest BCUT2D eigenvalue weighted by Gasteiger charge is -2.11. The first kappa shape index (κ1) is 18.5. The molecule has 0 atom stereocenters. The van der Waals surface area contributed by atoms with E-state index in [1.807, 2.05) is 18.2 Å². The van der Waals surface area contributed by atoms with Gasteiger partial charge >= 0.3 is 0 Å². The van der Waals surface area contributed by atoms with E-state index in [2.05, 4.69) is 14.7 Å². The van der Waals surface area contributed by atoms with Crippen LogP contribution in [-0.2, 0) is 19.5 Å². The second-order valence-electron chi connectivity index (χ2n) is 5.23. The summed E-state index contributed by atoms with van der Waals surface area (Å²) in [5, 5.41) is 26.3. The lowest BCUT2D eigenvalue weighted by Crippen LogP contribution is -1.99. The van der Waals surface area contributed by atoms with Crippen LogP contribution in [0.5, 0.6) is 5.75 Å². The molecule has 0 radical (unpaired) electrons. The van der Waals surface area contributed by atoms with Crippen molar-refractivity contribution < 1.29 is 32.7 Å². The summed E-state index contributed by atoms with van der Waals surface area (Å²) in [5.41, 5.74) is 0.746. The number of phenols is 1. The zero-order chi connectivity index (χ0) is 18.7. The number of phenolic OH excluding ortho intramolecular Hbond substituents is 1. The topological polar surface area (TPSA) is 125 Å². The normalized spacial score (nSPS) is 11.6. The summed E-state index contributed by atoms with van der Waals surface area (Å²) >= 11 is 0.846. The van der Waals surface area contributed by atoms with Crippen LogP contribution in [0.1, 0.15) is 0 Å². The molecule has 0 unspecified atom stereocenters. The van der Waals surface area contributed by atoms with Crippen molar-refractivity contribution in [1.82, 2.24) is 0 Å². The average molecular weight is 395 g/mol. The van der Waals surface area contributed by atoms with Crippen LogP contribution in [0, 0.1) is 0 Å². The Morgan fingerprint density at radius 1 is 0.962 bits per heavy atom. The van der Waals surface area contributed by atoms with Crippen molar-refractivity contribution in [3.63, 3.8) is 0 Å². The fourth-order valence-corrected chi connectivity index (χ4v) is 3.25. The van der Waals surface area contributed by atoms with E-state index in [9.17, 15) is 13.5 Å². The fraction of sp³-hybridized carbons (Fsp3) is 0. The van der Waals surface area contributed by atoms with E-state index in [-0.39, 0.29) is 16.3 Å². The highest BCUT2D eigenvalue weighted by molar-refractivity contribution is 7.94. The van der Waals surface area contributed by atoms with Crippen LogP contribution in [0.2, 0.25) is 0 Å². The maximum absolute atomic E-state index is 11.2. The maximum atomic E-state index is 11.2. The predicted molar refractivity (Wildman–Crippen MR) is 95.8 cm³/mol. The van der Waals surface area contributed by atoms with E-state index in [1.54, 1.807) is 18.2 Å². The van der Waals surface area contributed by atoms with Gasteiger partial charge in [-0.05, 0) is 53.2 Å². The van der Waals surface area contributed by atoms with Crippen molar-refractivity contribution in [2.45, 2.75) is 9.79 Å². The van der Waals surface area contributed by atoms with Crippen molar-refractivity contribution in [2.75, 3.05) is 5.32 Å². The van der Waals surface area contributed by atoms with Crippen LogP contribution in [0.25, 0.3) is 10.8 Å². The van der Waals surface area contributed by atoms with Gasteiger partial charge < -0.3 is 10.4 Å². The Kier molecular flexibility index (Phi) is 5.32. The Morgan fingerprint density at radius 3 is 2.42 bits per heavy atom. The maximum Gasteiger partial charge on any atom is 0.294 e. The van der Waals surface area contributed by atoms with Gasteiger partial charge in [-0.2, -0.15) is 8.42 Å². The zero-order valence-electron chi connectivity index (χ0n) is 13.0. The van der Waals surface area contributed by atoms with Gasteiger partial charge in [0.15, 0.2) is 0 Å². The Morgan fingerprint density at radius 2 is 1.69 bits per heavy atom. The molecule has 10 heteroatoms. The number of nitrogens with one attached hydrogen (secondary N) is 1. The van der Waals surface area contributed by atoms with Crippen molar-refractivity contribution >= 4 is 44.3 Å². The highest BCUT2D eigenvalue weighted by Crippen LogP contribution is 2.31. The SMILES string of the molecule is O=S(=O)(O)c1ccc(O)c(Nc2ccc3cc(SOOO)ccc3c2)c1. The van der Waals surface area contributed by atoms with Crippen molar-refractivity contribution in [3.05, 3.63) is 54.6 Å². The molecular weight excluding hydrogens is 382 g/mol. The first-order valence-electron chi connectivity index (χ1n) is 7.13. The number of fused-ring (bicyclic) bond motifs is 1. The van der Waals surface area contributed by atoms with Crippen LogP contribution in [0.3, 0.4) is 0 Å². The van der Waals surface area contributed by atoms with E-state index in [0.717, 1.165) is 34.9 Å². The molecule has 3 aromatic carbocycles. The van der Waals surface area contributed by atoms with Gasteiger partial charge in [-0.3, -0.25) is 4.55 Å². The molecule has 0 aliphatic heterocycles. The van der Waals surface area contributed by atoms with Gasteiger partial charge in [0.25, 0.3) is 10.1 Å². The fourth-order valence-electron chi connectivity index (χ4n) is 2.34. The lowest BCUT2D eigenvalue weighted by atomic mass is 10.1. The van der Waals surface area contributed by atoms with Crippen molar-refractivity contribution in [2.24, 2.45) is 0 Å². The third-order valence-electron chi connectivity index (χ3n) is 3.52. The third-order valence-corrected chi connectivity index (χ3v) is 4.94. The first-order chi connectivity index (χ1) is 12.4. The number of hydrogen-bond acceptors (Lipinski definition) is 8. The van der Waals surface area contributed by atoms with Crippen LogP contribution >= 0.6 is 12.0 Å². The molecule has 26 heavy (non-hydrogen) atoms. The molecular formula is C16H13NO7S2. The smallest absolute Gasteiger partial charge is 0.294 e. The van der Waals surface area contributed by atoms with Crippen LogP contribution in [-0.4, -0.2) is 23.3 Å². The molecule has 8 nitrogen and oxygen atoms in total. The number of benzene rings is 3. The van der Waals surface area contributed by atoms with Crippen LogP contribution < -0.4 is 5.32 Å². The molecule has 0 saturated carbocycles. The van der Waals surface area contributed by atoms with Crippen LogP contribution in [0.4, 0.5) is 11.4 Å². The Bertz CT molecular complexity index is 1050. The quantitative estimate of drug-likeness (QED) is 0.161. The summed E-state index contributed by atoms with van der Waals surface area (Å²) in [6.07, 6.45) is 0.